The summed E-state index contributed by atoms with van der Waals surface area (Å²) in [7, 11) is 0. The molecule has 7 heteroatoms. The van der Waals surface area contributed by atoms with E-state index in [0.29, 0.717) is 34.7 Å². The lowest BCUT2D eigenvalue weighted by molar-refractivity contribution is 0.0765. The van der Waals surface area contributed by atoms with Crippen molar-refractivity contribution in [3.8, 4) is 11.1 Å². The van der Waals surface area contributed by atoms with E-state index in [-0.39, 0.29) is 12.5 Å². The molecule has 0 spiro atoms. The number of aromatic nitrogens is 1. The summed E-state index contributed by atoms with van der Waals surface area (Å²) in [6.07, 6.45) is 2.25. The minimum Gasteiger partial charge on any atom is -0.331 e. The third kappa shape index (κ3) is 3.34. The molecule has 142 valence electrons. The molecule has 2 aliphatic heterocycles. The summed E-state index contributed by atoms with van der Waals surface area (Å²) >= 11 is 12.6. The summed E-state index contributed by atoms with van der Waals surface area (Å²) in [6, 6.07) is 5.68. The highest BCUT2D eigenvalue weighted by Gasteiger charge is 2.35. The van der Waals surface area contributed by atoms with Crippen LogP contribution in [0.2, 0.25) is 10.0 Å². The van der Waals surface area contributed by atoms with Gasteiger partial charge in [0.1, 0.15) is 0 Å². The number of hydrogen-bond acceptors (Lipinski definition) is 4. The Morgan fingerprint density at radius 2 is 2.15 bits per heavy atom. The number of carbonyl (C=O) groups is 1. The number of nitrogens with two attached hydrogens (primary N) is 1. The van der Waals surface area contributed by atoms with E-state index in [9.17, 15) is 4.79 Å². The third-order valence-electron chi connectivity index (χ3n) is 5.43. The number of pyridine rings is 1. The molecule has 1 aromatic heterocycles. The molecule has 27 heavy (non-hydrogen) atoms. The lowest BCUT2D eigenvalue weighted by Gasteiger charge is -2.20. The second-order valence-corrected chi connectivity index (χ2v) is 8.02. The fourth-order valence-electron chi connectivity index (χ4n) is 4.12. The molecule has 1 saturated heterocycles. The Morgan fingerprint density at radius 3 is 2.81 bits per heavy atom. The molecule has 4 rings (SSSR count). The minimum absolute atomic E-state index is 0.00177. The van der Waals surface area contributed by atoms with Crippen LogP contribution in [0.25, 0.3) is 11.1 Å². The molecule has 1 amide bonds. The van der Waals surface area contributed by atoms with E-state index in [4.69, 9.17) is 33.9 Å². The van der Waals surface area contributed by atoms with Crippen LogP contribution in [0.1, 0.15) is 40.2 Å². The van der Waals surface area contributed by atoms with Crippen molar-refractivity contribution < 1.29 is 4.79 Å². The lowest BCUT2D eigenvalue weighted by Crippen LogP contribution is -2.37. The van der Waals surface area contributed by atoms with E-state index in [0.717, 1.165) is 47.5 Å². The summed E-state index contributed by atoms with van der Waals surface area (Å²) in [5.74, 6) is 0.00177. The molecule has 0 unspecified atom stereocenters. The number of nitrogens with one attached hydrogen (secondary N) is 1. The van der Waals surface area contributed by atoms with Crippen LogP contribution in [0, 0.1) is 6.92 Å². The van der Waals surface area contributed by atoms with Gasteiger partial charge in [0.05, 0.1) is 17.8 Å². The molecule has 0 saturated carbocycles. The summed E-state index contributed by atoms with van der Waals surface area (Å²) in [5, 5.41) is 4.52. The van der Waals surface area contributed by atoms with E-state index in [2.05, 4.69) is 5.32 Å². The monoisotopic (exact) mass is 404 g/mol. The second kappa shape index (κ2) is 7.40. The Morgan fingerprint density at radius 1 is 1.33 bits per heavy atom. The Balaban J connectivity index is 1.82. The maximum atomic E-state index is 13.3. The Hall–Kier alpha value is -1.66. The van der Waals surface area contributed by atoms with E-state index in [1.807, 2.05) is 17.9 Å². The maximum Gasteiger partial charge on any atom is 0.256 e. The normalized spacial score (nSPS) is 19.0. The Kier molecular flexibility index (Phi) is 5.12. The van der Waals surface area contributed by atoms with Crippen molar-refractivity contribution in [3.05, 3.63) is 50.8 Å². The van der Waals surface area contributed by atoms with E-state index in [1.54, 1.807) is 12.1 Å². The van der Waals surface area contributed by atoms with Crippen LogP contribution in [0.5, 0.6) is 0 Å². The molecule has 0 radical (unpaired) electrons. The Labute approximate surface area is 168 Å². The summed E-state index contributed by atoms with van der Waals surface area (Å²) < 4.78 is 0. The average molecular weight is 405 g/mol. The van der Waals surface area contributed by atoms with Gasteiger partial charge >= 0.3 is 0 Å². The van der Waals surface area contributed by atoms with Crippen molar-refractivity contribution in [2.45, 2.75) is 38.9 Å². The van der Waals surface area contributed by atoms with Crippen LogP contribution >= 0.6 is 23.2 Å². The summed E-state index contributed by atoms with van der Waals surface area (Å²) in [5.41, 5.74) is 10.7. The third-order valence-corrected chi connectivity index (χ3v) is 5.98. The zero-order valence-electron chi connectivity index (χ0n) is 15.2. The first kappa shape index (κ1) is 18.7. The molecule has 0 aliphatic carbocycles. The van der Waals surface area contributed by atoms with Crippen molar-refractivity contribution in [1.82, 2.24) is 15.2 Å². The van der Waals surface area contributed by atoms with Crippen LogP contribution < -0.4 is 11.1 Å². The van der Waals surface area contributed by atoms with E-state index < -0.39 is 0 Å². The minimum atomic E-state index is 0.00177. The first-order valence-corrected chi connectivity index (χ1v) is 9.95. The molecule has 1 fully saturated rings. The number of fused-ring (bicyclic) bond motifs is 1. The van der Waals surface area contributed by atoms with Gasteiger partial charge in [0.15, 0.2) is 0 Å². The second-order valence-electron chi connectivity index (χ2n) is 7.18. The van der Waals surface area contributed by atoms with Crippen molar-refractivity contribution >= 4 is 29.1 Å². The SMILES string of the molecule is Cc1nc2c(c(-c3ccc(Cl)cc3Cl)c1CN)C(=O)N(C[C@@H]1CCCN1)C2. The van der Waals surface area contributed by atoms with Crippen LogP contribution in [-0.4, -0.2) is 34.9 Å². The molecule has 5 nitrogen and oxygen atoms in total. The standard InChI is InChI=1S/C20H22Cl2N4O/c1-11-15(8-23)18(14-5-4-12(21)7-16(14)22)19-17(25-11)10-26(20(19)27)9-13-3-2-6-24-13/h4-5,7,13,24H,2-3,6,8-10,23H2,1H3/t13-/m0/s1. The Bertz CT molecular complexity index is 909. The van der Waals surface area contributed by atoms with Gasteiger partial charge in [-0.2, -0.15) is 0 Å². The molecular formula is C20H22Cl2N4O. The average Bonchev–Trinajstić information content (AvgIpc) is 3.23. The van der Waals surface area contributed by atoms with Crippen molar-refractivity contribution in [2.24, 2.45) is 5.73 Å². The molecular weight excluding hydrogens is 383 g/mol. The first-order chi connectivity index (χ1) is 13.0. The van der Waals surface area contributed by atoms with Gasteiger partial charge in [-0.15, -0.1) is 0 Å². The zero-order valence-corrected chi connectivity index (χ0v) is 16.7. The van der Waals surface area contributed by atoms with Gasteiger partial charge in [0.2, 0.25) is 0 Å². The van der Waals surface area contributed by atoms with Crippen molar-refractivity contribution in [1.29, 1.82) is 0 Å². The maximum absolute atomic E-state index is 13.3. The van der Waals surface area contributed by atoms with Crippen LogP contribution in [0.15, 0.2) is 18.2 Å². The largest absolute Gasteiger partial charge is 0.331 e. The number of halogens is 2. The highest BCUT2D eigenvalue weighted by molar-refractivity contribution is 6.36. The van der Waals surface area contributed by atoms with Gasteiger partial charge in [-0.1, -0.05) is 29.3 Å². The highest BCUT2D eigenvalue weighted by Crippen LogP contribution is 2.39. The van der Waals surface area contributed by atoms with Gasteiger partial charge in [-0.3, -0.25) is 9.78 Å². The van der Waals surface area contributed by atoms with Crippen LogP contribution in [0.3, 0.4) is 0 Å². The predicted octanol–water partition coefficient (Wildman–Crippen LogP) is 3.53. The highest BCUT2D eigenvalue weighted by atomic mass is 35.5. The van der Waals surface area contributed by atoms with Gasteiger partial charge in [0.25, 0.3) is 5.91 Å². The number of benzene rings is 1. The fourth-order valence-corrected chi connectivity index (χ4v) is 4.63. The summed E-state index contributed by atoms with van der Waals surface area (Å²) in [4.78, 5) is 19.9. The lowest BCUT2D eigenvalue weighted by atomic mass is 9.93. The van der Waals surface area contributed by atoms with Crippen molar-refractivity contribution in [3.63, 3.8) is 0 Å². The molecule has 2 aliphatic rings. The smallest absolute Gasteiger partial charge is 0.256 e. The van der Waals surface area contributed by atoms with E-state index in [1.165, 1.54) is 0 Å². The quantitative estimate of drug-likeness (QED) is 0.817. The van der Waals surface area contributed by atoms with E-state index >= 15 is 0 Å². The topological polar surface area (TPSA) is 71.2 Å². The number of amides is 1. The molecule has 0 bridgehead atoms. The molecule has 3 heterocycles. The van der Waals surface area contributed by atoms with Gasteiger partial charge in [0, 0.05) is 46.0 Å². The predicted molar refractivity (Wildman–Crippen MR) is 108 cm³/mol. The number of aryl methyl sites for hydroxylation is 1. The van der Waals surface area contributed by atoms with Crippen LogP contribution in [0.4, 0.5) is 0 Å². The number of hydrogen-bond donors (Lipinski definition) is 2. The fraction of sp³-hybridized carbons (Fsp3) is 0.400. The number of nitrogens with zero attached hydrogens (tertiary/aromatic N) is 2. The number of rotatable bonds is 4. The first-order valence-electron chi connectivity index (χ1n) is 9.20. The molecule has 1 aromatic carbocycles. The molecule has 3 N–H and O–H groups in total. The van der Waals surface area contributed by atoms with Gasteiger partial charge in [-0.25, -0.2) is 0 Å². The van der Waals surface area contributed by atoms with Crippen molar-refractivity contribution in [2.75, 3.05) is 13.1 Å². The van der Waals surface area contributed by atoms with Gasteiger partial charge < -0.3 is 16.0 Å². The van der Waals surface area contributed by atoms with Gasteiger partial charge in [-0.05, 0) is 44.0 Å². The zero-order chi connectivity index (χ0) is 19.1. The summed E-state index contributed by atoms with van der Waals surface area (Å²) in [6.45, 7) is 4.45. The van der Waals surface area contributed by atoms with Crippen LogP contribution in [-0.2, 0) is 13.1 Å². The molecule has 2 aromatic rings. The molecule has 1 atom stereocenters. The number of carbonyl (C=O) groups excluding carboxylic acids is 1.